The molecule has 0 radical (unpaired) electrons. The highest BCUT2D eigenvalue weighted by molar-refractivity contribution is 6.42. The molecule has 7 heteroatoms. The van der Waals surface area contributed by atoms with Crippen molar-refractivity contribution in [3.05, 3.63) is 73.8 Å². The van der Waals surface area contributed by atoms with E-state index in [1.165, 1.54) is 48.6 Å². The molecule has 0 bridgehead atoms. The molecule has 0 aromatic heterocycles. The van der Waals surface area contributed by atoms with Crippen LogP contribution in [0.2, 0.25) is 10.0 Å². The van der Waals surface area contributed by atoms with E-state index in [2.05, 4.69) is 0 Å². The third-order valence-electron chi connectivity index (χ3n) is 2.83. The molecule has 2 rings (SSSR count). The number of carbonyl (C=O) groups excluding carboxylic acids is 1. The van der Waals surface area contributed by atoms with Gasteiger partial charge < -0.3 is 5.11 Å². The van der Waals surface area contributed by atoms with Gasteiger partial charge in [0.05, 0.1) is 15.0 Å². The van der Waals surface area contributed by atoms with Crippen molar-refractivity contribution >= 4 is 40.7 Å². The summed E-state index contributed by atoms with van der Waals surface area (Å²) in [6.07, 6.45) is 2.67. The standard InChI is InChI=1S/C15H9Cl2NO4/c16-11-4-3-10(8-12(11)17)14(19)5-1-9-2-6-15(20)13(7-9)18(21)22/h1-8,20H. The predicted octanol–water partition coefficient (Wildman–Crippen LogP) is 4.50. The van der Waals surface area contributed by atoms with E-state index in [1.54, 1.807) is 0 Å². The van der Waals surface area contributed by atoms with Gasteiger partial charge in [-0.3, -0.25) is 14.9 Å². The monoisotopic (exact) mass is 337 g/mol. The third kappa shape index (κ3) is 3.63. The van der Waals surface area contributed by atoms with Gasteiger partial charge in [-0.05, 0) is 35.9 Å². The predicted molar refractivity (Wildman–Crippen MR) is 84.6 cm³/mol. The van der Waals surface area contributed by atoms with Crippen LogP contribution in [0, 0.1) is 10.1 Å². The molecule has 0 aliphatic rings. The topological polar surface area (TPSA) is 80.4 Å². The summed E-state index contributed by atoms with van der Waals surface area (Å²) in [5, 5.41) is 20.7. The first-order valence-corrected chi connectivity index (χ1v) is 6.79. The van der Waals surface area contributed by atoms with E-state index >= 15 is 0 Å². The van der Waals surface area contributed by atoms with E-state index in [0.29, 0.717) is 16.1 Å². The number of phenolic OH excluding ortho intramolecular Hbond substituents is 1. The van der Waals surface area contributed by atoms with Crippen molar-refractivity contribution in [2.75, 3.05) is 0 Å². The van der Waals surface area contributed by atoms with Crippen molar-refractivity contribution in [3.8, 4) is 5.75 Å². The Bertz CT molecular complexity index is 787. The molecule has 2 aromatic carbocycles. The van der Waals surface area contributed by atoms with Crippen molar-refractivity contribution in [1.29, 1.82) is 0 Å². The van der Waals surface area contributed by atoms with Gasteiger partial charge in [-0.2, -0.15) is 0 Å². The van der Waals surface area contributed by atoms with Gasteiger partial charge in [0.15, 0.2) is 11.5 Å². The summed E-state index contributed by atoms with van der Waals surface area (Å²) in [6.45, 7) is 0. The van der Waals surface area contributed by atoms with E-state index in [4.69, 9.17) is 23.2 Å². The number of phenols is 1. The number of allylic oxidation sites excluding steroid dienone is 1. The molecular weight excluding hydrogens is 329 g/mol. The van der Waals surface area contributed by atoms with E-state index in [-0.39, 0.29) is 10.8 Å². The minimum absolute atomic E-state index is 0.265. The van der Waals surface area contributed by atoms with E-state index < -0.39 is 16.4 Å². The van der Waals surface area contributed by atoms with Crippen LogP contribution in [0.15, 0.2) is 42.5 Å². The highest BCUT2D eigenvalue weighted by Crippen LogP contribution is 2.27. The number of aromatic hydroxyl groups is 1. The molecule has 0 fully saturated rings. The van der Waals surface area contributed by atoms with Crippen LogP contribution < -0.4 is 0 Å². The van der Waals surface area contributed by atoms with Crippen LogP contribution in [0.5, 0.6) is 5.75 Å². The van der Waals surface area contributed by atoms with Gasteiger partial charge in [0.2, 0.25) is 0 Å². The average molecular weight is 338 g/mol. The molecule has 0 amide bonds. The summed E-state index contributed by atoms with van der Waals surface area (Å²) in [4.78, 5) is 22.0. The van der Waals surface area contributed by atoms with Gasteiger partial charge in [0.25, 0.3) is 0 Å². The van der Waals surface area contributed by atoms with Crippen LogP contribution in [0.25, 0.3) is 6.08 Å². The molecule has 2 aromatic rings. The molecule has 112 valence electrons. The number of carbonyl (C=O) groups is 1. The SMILES string of the molecule is O=C(C=Cc1ccc(O)c([N+](=O)[O-])c1)c1ccc(Cl)c(Cl)c1. The maximum Gasteiger partial charge on any atom is 0.311 e. The molecule has 0 aliphatic carbocycles. The Morgan fingerprint density at radius 1 is 1.14 bits per heavy atom. The lowest BCUT2D eigenvalue weighted by Crippen LogP contribution is -1.94. The first-order valence-electron chi connectivity index (χ1n) is 6.03. The minimum atomic E-state index is -0.701. The number of hydrogen-bond donors (Lipinski definition) is 1. The molecule has 0 heterocycles. The first kappa shape index (κ1) is 16.0. The van der Waals surface area contributed by atoms with Gasteiger partial charge in [0.1, 0.15) is 0 Å². The van der Waals surface area contributed by atoms with Gasteiger partial charge >= 0.3 is 5.69 Å². The lowest BCUT2D eigenvalue weighted by atomic mass is 10.1. The number of nitrogens with zero attached hydrogens (tertiary/aromatic N) is 1. The Morgan fingerprint density at radius 3 is 2.50 bits per heavy atom. The van der Waals surface area contributed by atoms with Gasteiger partial charge in [-0.15, -0.1) is 0 Å². The molecule has 0 aliphatic heterocycles. The number of hydrogen-bond acceptors (Lipinski definition) is 4. The van der Waals surface area contributed by atoms with Gasteiger partial charge in [-0.1, -0.05) is 35.3 Å². The fraction of sp³-hybridized carbons (Fsp3) is 0. The second kappa shape index (κ2) is 6.60. The van der Waals surface area contributed by atoms with Crippen LogP contribution in [-0.4, -0.2) is 15.8 Å². The number of halogens is 2. The molecule has 0 atom stereocenters. The van der Waals surface area contributed by atoms with Crippen LogP contribution >= 0.6 is 23.2 Å². The summed E-state index contributed by atoms with van der Waals surface area (Å²) in [7, 11) is 0. The highest BCUT2D eigenvalue weighted by Gasteiger charge is 2.12. The Hall–Kier alpha value is -2.37. The summed E-state index contributed by atoms with van der Waals surface area (Å²) in [5.41, 5.74) is 0.334. The maximum atomic E-state index is 12.0. The molecule has 0 unspecified atom stereocenters. The van der Waals surface area contributed by atoms with Gasteiger partial charge in [0, 0.05) is 11.6 Å². The van der Waals surface area contributed by atoms with Crippen LogP contribution in [0.4, 0.5) is 5.69 Å². The van der Waals surface area contributed by atoms with E-state index in [1.807, 2.05) is 0 Å². The number of nitro groups is 1. The summed E-state index contributed by atoms with van der Waals surface area (Å²) in [6, 6.07) is 8.31. The molecule has 0 saturated carbocycles. The molecule has 5 nitrogen and oxygen atoms in total. The van der Waals surface area contributed by atoms with Crippen molar-refractivity contribution in [1.82, 2.24) is 0 Å². The zero-order valence-corrected chi connectivity index (χ0v) is 12.5. The fourth-order valence-corrected chi connectivity index (χ4v) is 2.01. The smallest absolute Gasteiger partial charge is 0.311 e. The van der Waals surface area contributed by atoms with E-state index in [0.717, 1.165) is 0 Å². The maximum absolute atomic E-state index is 12.0. The van der Waals surface area contributed by atoms with Crippen molar-refractivity contribution < 1.29 is 14.8 Å². The van der Waals surface area contributed by atoms with Crippen LogP contribution in [-0.2, 0) is 0 Å². The second-order valence-corrected chi connectivity index (χ2v) is 5.15. The molecule has 0 saturated heterocycles. The number of rotatable bonds is 4. The number of benzene rings is 2. The minimum Gasteiger partial charge on any atom is -0.502 e. The number of nitro benzene ring substituents is 1. The Kier molecular flexibility index (Phi) is 4.80. The molecule has 1 N–H and O–H groups in total. The first-order chi connectivity index (χ1) is 10.4. The molecule has 22 heavy (non-hydrogen) atoms. The zero-order chi connectivity index (χ0) is 16.3. The Labute approximate surface area is 135 Å². The third-order valence-corrected chi connectivity index (χ3v) is 3.57. The summed E-state index contributed by atoms with van der Waals surface area (Å²) >= 11 is 11.6. The van der Waals surface area contributed by atoms with Gasteiger partial charge in [-0.25, -0.2) is 0 Å². The van der Waals surface area contributed by atoms with Crippen molar-refractivity contribution in [3.63, 3.8) is 0 Å². The van der Waals surface area contributed by atoms with Crippen molar-refractivity contribution in [2.45, 2.75) is 0 Å². The largest absolute Gasteiger partial charge is 0.502 e. The second-order valence-electron chi connectivity index (χ2n) is 4.33. The number of ketones is 1. The highest BCUT2D eigenvalue weighted by atomic mass is 35.5. The summed E-state index contributed by atoms with van der Waals surface area (Å²) in [5.74, 6) is -0.757. The average Bonchev–Trinajstić information content (AvgIpc) is 2.48. The quantitative estimate of drug-likeness (QED) is 0.385. The fourth-order valence-electron chi connectivity index (χ4n) is 1.71. The van der Waals surface area contributed by atoms with E-state index in [9.17, 15) is 20.0 Å². The molecule has 0 spiro atoms. The van der Waals surface area contributed by atoms with Crippen molar-refractivity contribution in [2.24, 2.45) is 0 Å². The lowest BCUT2D eigenvalue weighted by molar-refractivity contribution is -0.385. The molecular formula is C15H9Cl2NO4. The van der Waals surface area contributed by atoms with Crippen LogP contribution in [0.1, 0.15) is 15.9 Å². The van der Waals surface area contributed by atoms with Crippen LogP contribution in [0.3, 0.4) is 0 Å². The Balaban J connectivity index is 2.24. The normalized spacial score (nSPS) is 10.8. The zero-order valence-electron chi connectivity index (χ0n) is 11.0. The Morgan fingerprint density at radius 2 is 1.86 bits per heavy atom. The lowest BCUT2D eigenvalue weighted by Gasteiger charge is -2.00. The summed E-state index contributed by atoms with van der Waals surface area (Å²) < 4.78 is 0.